The highest BCUT2D eigenvalue weighted by Crippen LogP contribution is 2.34. The lowest BCUT2D eigenvalue weighted by Crippen LogP contribution is -2.07. The van der Waals surface area contributed by atoms with Crippen LogP contribution in [-0.4, -0.2) is 19.1 Å². The molecule has 7 heteroatoms. The van der Waals surface area contributed by atoms with Crippen LogP contribution in [0.3, 0.4) is 0 Å². The summed E-state index contributed by atoms with van der Waals surface area (Å²) in [7, 11) is 0. The minimum atomic E-state index is -0.353. The van der Waals surface area contributed by atoms with E-state index in [-0.39, 0.29) is 10.6 Å². The van der Waals surface area contributed by atoms with Gasteiger partial charge in [0.2, 0.25) is 0 Å². The Bertz CT molecular complexity index is 1190. The molecule has 0 saturated heterocycles. The van der Waals surface area contributed by atoms with E-state index in [1.54, 1.807) is 12.1 Å². The van der Waals surface area contributed by atoms with Crippen molar-refractivity contribution in [1.29, 1.82) is 0 Å². The number of hydrogen-bond donors (Lipinski definition) is 0. The molecule has 0 N–H and O–H groups in total. The summed E-state index contributed by atoms with van der Waals surface area (Å²) in [6.45, 7) is 1.29. The molecule has 0 bridgehead atoms. The third kappa shape index (κ3) is 3.14. The number of nitro benzene ring substituents is 1. The summed E-state index contributed by atoms with van der Waals surface area (Å²) >= 11 is 0. The van der Waals surface area contributed by atoms with Crippen LogP contribution in [0.1, 0.15) is 24.2 Å². The molecule has 0 saturated carbocycles. The van der Waals surface area contributed by atoms with Crippen LogP contribution < -0.4 is 4.74 Å². The predicted molar refractivity (Wildman–Crippen MR) is 109 cm³/mol. The van der Waals surface area contributed by atoms with Crippen LogP contribution in [0.15, 0.2) is 60.8 Å². The first-order valence-corrected chi connectivity index (χ1v) is 9.73. The van der Waals surface area contributed by atoms with Gasteiger partial charge in [-0.2, -0.15) is 0 Å². The molecule has 2 aromatic heterocycles. The van der Waals surface area contributed by atoms with Gasteiger partial charge >= 0.3 is 0 Å². The van der Waals surface area contributed by atoms with E-state index < -0.39 is 0 Å². The van der Waals surface area contributed by atoms with Crippen LogP contribution >= 0.6 is 0 Å². The molecule has 0 unspecified atom stereocenters. The number of ether oxygens (including phenoxy) is 1. The largest absolute Gasteiger partial charge is 0.486 e. The third-order valence-electron chi connectivity index (χ3n) is 5.39. The molecule has 3 heterocycles. The second-order valence-electron chi connectivity index (χ2n) is 7.22. The highest BCUT2D eigenvalue weighted by molar-refractivity contribution is 5.76. The van der Waals surface area contributed by atoms with Gasteiger partial charge in [-0.1, -0.05) is 30.3 Å². The molecular formula is C22H20N4O3. The number of hydrogen-bond acceptors (Lipinski definition) is 4. The third-order valence-corrected chi connectivity index (χ3v) is 5.39. The average molecular weight is 388 g/mol. The van der Waals surface area contributed by atoms with E-state index in [1.165, 1.54) is 11.6 Å². The number of aromatic nitrogens is 3. The Kier molecular flexibility index (Phi) is 4.27. The van der Waals surface area contributed by atoms with Crippen molar-refractivity contribution in [3.63, 3.8) is 0 Å². The topological polar surface area (TPSA) is 74.6 Å². The number of para-hydroxylation sites is 1. The van der Waals surface area contributed by atoms with Gasteiger partial charge in [0.1, 0.15) is 18.0 Å². The molecule has 1 aliphatic heterocycles. The highest BCUT2D eigenvalue weighted by Gasteiger charge is 2.23. The number of nitrogens with zero attached hydrogens (tertiary/aromatic N) is 4. The average Bonchev–Trinajstić information content (AvgIpc) is 3.17. The van der Waals surface area contributed by atoms with E-state index in [1.807, 2.05) is 47.1 Å². The normalized spacial score (nSPS) is 13.4. The molecule has 0 atom stereocenters. The first kappa shape index (κ1) is 17.5. The number of non-ortho nitro benzene ring substituents is 1. The molecule has 146 valence electrons. The maximum absolute atomic E-state index is 11.2. The molecule has 7 nitrogen and oxygen atoms in total. The molecule has 0 radical (unpaired) electrons. The Hall–Kier alpha value is -3.61. The lowest BCUT2D eigenvalue weighted by molar-refractivity contribution is -0.384. The predicted octanol–water partition coefficient (Wildman–Crippen LogP) is 4.63. The first-order chi connectivity index (χ1) is 14.2. The van der Waals surface area contributed by atoms with Gasteiger partial charge in [0, 0.05) is 36.0 Å². The maximum Gasteiger partial charge on any atom is 0.270 e. The molecule has 29 heavy (non-hydrogen) atoms. The van der Waals surface area contributed by atoms with Crippen LogP contribution in [0.5, 0.6) is 5.75 Å². The zero-order chi connectivity index (χ0) is 19.8. The summed E-state index contributed by atoms with van der Waals surface area (Å²) in [5.41, 5.74) is 4.24. The van der Waals surface area contributed by atoms with Gasteiger partial charge < -0.3 is 9.30 Å². The second-order valence-corrected chi connectivity index (χ2v) is 7.22. The van der Waals surface area contributed by atoms with E-state index in [9.17, 15) is 10.1 Å². The summed E-state index contributed by atoms with van der Waals surface area (Å²) in [5.74, 6) is 1.71. The fourth-order valence-electron chi connectivity index (χ4n) is 4.04. The van der Waals surface area contributed by atoms with Gasteiger partial charge in [0.15, 0.2) is 5.82 Å². The SMILES string of the molecule is O=[N+]([O-])c1cccc(-c2cn3nc(COc4ccccc4)n4c3c2CCCC4)c1. The Labute approximate surface area is 167 Å². The lowest BCUT2D eigenvalue weighted by atomic mass is 10.0. The molecule has 4 aromatic rings. The van der Waals surface area contributed by atoms with E-state index in [2.05, 4.69) is 4.57 Å². The minimum absolute atomic E-state index is 0.104. The number of benzene rings is 2. The van der Waals surface area contributed by atoms with Gasteiger partial charge in [-0.25, -0.2) is 4.52 Å². The Balaban J connectivity index is 1.55. The number of nitro groups is 1. The number of rotatable bonds is 5. The smallest absolute Gasteiger partial charge is 0.270 e. The van der Waals surface area contributed by atoms with Crippen molar-refractivity contribution in [2.24, 2.45) is 0 Å². The summed E-state index contributed by atoms with van der Waals surface area (Å²) in [4.78, 5) is 10.8. The van der Waals surface area contributed by atoms with Crippen LogP contribution in [-0.2, 0) is 19.6 Å². The van der Waals surface area contributed by atoms with Crippen molar-refractivity contribution in [2.75, 3.05) is 0 Å². The van der Waals surface area contributed by atoms with Crippen molar-refractivity contribution < 1.29 is 9.66 Å². The van der Waals surface area contributed by atoms with Crippen molar-refractivity contribution in [2.45, 2.75) is 32.4 Å². The van der Waals surface area contributed by atoms with Crippen LogP contribution in [0.25, 0.3) is 16.8 Å². The van der Waals surface area contributed by atoms with Crippen molar-refractivity contribution in [3.8, 4) is 16.9 Å². The van der Waals surface area contributed by atoms with Gasteiger partial charge in [-0.15, -0.1) is 5.10 Å². The van der Waals surface area contributed by atoms with E-state index in [0.29, 0.717) is 6.61 Å². The fourth-order valence-corrected chi connectivity index (χ4v) is 4.04. The molecule has 0 spiro atoms. The van der Waals surface area contributed by atoms with Gasteiger partial charge in [-0.05, 0) is 37.0 Å². The Morgan fingerprint density at radius 3 is 2.79 bits per heavy atom. The minimum Gasteiger partial charge on any atom is -0.486 e. The standard InChI is InChI=1S/C22H20N4O3/c27-26(28)17-8-6-7-16(13-17)20-14-25-22-19(20)11-4-5-12-24(22)21(23-25)15-29-18-9-2-1-3-10-18/h1-3,6-10,13-14H,4-5,11-12,15H2. The molecule has 1 aliphatic rings. The maximum atomic E-state index is 11.2. The molecule has 5 rings (SSSR count). The van der Waals surface area contributed by atoms with E-state index >= 15 is 0 Å². The summed E-state index contributed by atoms with van der Waals surface area (Å²) < 4.78 is 10.1. The van der Waals surface area contributed by atoms with Gasteiger partial charge in [0.05, 0.1) is 4.92 Å². The zero-order valence-electron chi connectivity index (χ0n) is 15.8. The molecule has 2 aromatic carbocycles. The Morgan fingerprint density at radius 2 is 1.97 bits per heavy atom. The monoisotopic (exact) mass is 388 g/mol. The van der Waals surface area contributed by atoms with Crippen LogP contribution in [0, 0.1) is 10.1 Å². The fraction of sp³-hybridized carbons (Fsp3) is 0.227. The molecule has 0 fully saturated rings. The van der Waals surface area contributed by atoms with Gasteiger partial charge in [0.25, 0.3) is 5.69 Å². The lowest BCUT2D eigenvalue weighted by Gasteiger charge is -2.08. The molecular weight excluding hydrogens is 368 g/mol. The van der Waals surface area contributed by atoms with Crippen molar-refractivity contribution in [3.05, 3.63) is 82.3 Å². The van der Waals surface area contributed by atoms with Crippen molar-refractivity contribution >= 4 is 11.3 Å². The van der Waals surface area contributed by atoms with Crippen LogP contribution in [0.2, 0.25) is 0 Å². The highest BCUT2D eigenvalue weighted by atomic mass is 16.6. The summed E-state index contributed by atoms with van der Waals surface area (Å²) in [5, 5.41) is 16.0. The molecule has 0 aliphatic carbocycles. The number of aryl methyl sites for hydroxylation is 2. The quantitative estimate of drug-likeness (QED) is 0.369. The summed E-state index contributed by atoms with van der Waals surface area (Å²) in [6, 6.07) is 16.5. The molecule has 0 amide bonds. The van der Waals surface area contributed by atoms with Crippen molar-refractivity contribution in [1.82, 2.24) is 14.2 Å². The second kappa shape index (κ2) is 7.09. The Morgan fingerprint density at radius 1 is 1.10 bits per heavy atom. The van der Waals surface area contributed by atoms with E-state index in [0.717, 1.165) is 54.2 Å². The van der Waals surface area contributed by atoms with Gasteiger partial charge in [-0.3, -0.25) is 10.1 Å². The van der Waals surface area contributed by atoms with Crippen LogP contribution in [0.4, 0.5) is 5.69 Å². The summed E-state index contributed by atoms with van der Waals surface area (Å²) in [6.07, 6.45) is 5.05. The zero-order valence-corrected chi connectivity index (χ0v) is 15.8. The van der Waals surface area contributed by atoms with E-state index in [4.69, 9.17) is 9.84 Å². The first-order valence-electron chi connectivity index (χ1n) is 9.73.